The summed E-state index contributed by atoms with van der Waals surface area (Å²) in [5.74, 6) is -0.652. The summed E-state index contributed by atoms with van der Waals surface area (Å²) >= 11 is 0. The van der Waals surface area contributed by atoms with E-state index in [1.165, 1.54) is 6.07 Å². The minimum absolute atomic E-state index is 0.0382. The van der Waals surface area contributed by atoms with Crippen LogP contribution in [0.25, 0.3) is 10.9 Å². The molecule has 1 aromatic carbocycles. The SMILES string of the molecule is O=C(OC1CCCCC1=O)c1cc(=O)[nH]c2ccccc12. The third-order valence-corrected chi connectivity index (χ3v) is 3.72. The third kappa shape index (κ3) is 2.72. The zero-order valence-electron chi connectivity index (χ0n) is 11.4. The van der Waals surface area contributed by atoms with Crippen LogP contribution in [0.1, 0.15) is 36.0 Å². The molecule has 5 nitrogen and oxygen atoms in total. The van der Waals surface area contributed by atoms with Crippen LogP contribution in [0.2, 0.25) is 0 Å². The number of aromatic amines is 1. The lowest BCUT2D eigenvalue weighted by atomic mass is 9.96. The molecule has 1 atom stereocenters. The van der Waals surface area contributed by atoms with E-state index in [9.17, 15) is 14.4 Å². The van der Waals surface area contributed by atoms with Gasteiger partial charge in [-0.05, 0) is 25.3 Å². The molecular formula is C16H15NO4. The number of para-hydroxylation sites is 1. The Bertz CT molecular complexity index is 762. The molecule has 0 saturated heterocycles. The standard InChI is InChI=1S/C16H15NO4/c18-13-7-3-4-8-14(13)21-16(20)11-9-15(19)17-12-6-2-1-5-10(11)12/h1-2,5-6,9,14H,3-4,7-8H2,(H,17,19). The van der Waals surface area contributed by atoms with Crippen molar-refractivity contribution in [2.45, 2.75) is 31.8 Å². The second kappa shape index (κ2) is 5.52. The van der Waals surface area contributed by atoms with Gasteiger partial charge in [0.05, 0.1) is 5.56 Å². The molecule has 3 rings (SSSR count). The van der Waals surface area contributed by atoms with Crippen molar-refractivity contribution < 1.29 is 14.3 Å². The molecule has 21 heavy (non-hydrogen) atoms. The average molecular weight is 285 g/mol. The van der Waals surface area contributed by atoms with E-state index in [0.29, 0.717) is 23.7 Å². The predicted molar refractivity (Wildman–Crippen MR) is 77.2 cm³/mol. The minimum Gasteiger partial charge on any atom is -0.451 e. The number of Topliss-reactive ketones (excluding diaryl/α,β-unsaturated/α-hetero) is 1. The molecular weight excluding hydrogens is 270 g/mol. The lowest BCUT2D eigenvalue weighted by molar-refractivity contribution is -0.129. The molecule has 5 heteroatoms. The Morgan fingerprint density at radius 1 is 1.19 bits per heavy atom. The minimum atomic E-state index is -0.677. The monoisotopic (exact) mass is 285 g/mol. The number of benzene rings is 1. The highest BCUT2D eigenvalue weighted by Gasteiger charge is 2.27. The Balaban J connectivity index is 1.94. The van der Waals surface area contributed by atoms with Crippen molar-refractivity contribution in [3.63, 3.8) is 0 Å². The molecule has 0 amide bonds. The van der Waals surface area contributed by atoms with Crippen LogP contribution in [-0.2, 0) is 9.53 Å². The summed E-state index contributed by atoms with van der Waals surface area (Å²) in [6.07, 6.45) is 2.06. The predicted octanol–water partition coefficient (Wildman–Crippen LogP) is 2.20. The maximum atomic E-state index is 12.3. The Kier molecular flexibility index (Phi) is 3.56. The normalized spacial score (nSPS) is 18.7. The number of hydrogen-bond acceptors (Lipinski definition) is 4. The van der Waals surface area contributed by atoms with E-state index in [-0.39, 0.29) is 16.9 Å². The maximum absolute atomic E-state index is 12.3. The summed E-state index contributed by atoms with van der Waals surface area (Å²) in [5, 5.41) is 0.616. The van der Waals surface area contributed by atoms with Crippen molar-refractivity contribution in [1.29, 1.82) is 0 Å². The van der Waals surface area contributed by atoms with E-state index in [1.807, 2.05) is 0 Å². The third-order valence-electron chi connectivity index (χ3n) is 3.72. The number of rotatable bonds is 2. The first-order chi connectivity index (χ1) is 10.1. The van der Waals surface area contributed by atoms with Gasteiger partial charge in [0.25, 0.3) is 0 Å². The summed E-state index contributed by atoms with van der Waals surface area (Å²) in [7, 11) is 0. The molecule has 1 aromatic heterocycles. The molecule has 2 aromatic rings. The van der Waals surface area contributed by atoms with Gasteiger partial charge in [-0.3, -0.25) is 9.59 Å². The highest BCUT2D eigenvalue weighted by molar-refractivity contribution is 6.04. The molecule has 1 aliphatic rings. The van der Waals surface area contributed by atoms with Gasteiger partial charge < -0.3 is 9.72 Å². The summed E-state index contributed by atoms with van der Waals surface area (Å²) in [6.45, 7) is 0. The van der Waals surface area contributed by atoms with Crippen molar-refractivity contribution in [2.24, 2.45) is 0 Å². The van der Waals surface area contributed by atoms with E-state index < -0.39 is 12.1 Å². The van der Waals surface area contributed by atoms with E-state index in [2.05, 4.69) is 4.98 Å². The highest BCUT2D eigenvalue weighted by atomic mass is 16.5. The Morgan fingerprint density at radius 3 is 2.81 bits per heavy atom. The number of ketones is 1. The van der Waals surface area contributed by atoms with Crippen LogP contribution in [-0.4, -0.2) is 22.8 Å². The highest BCUT2D eigenvalue weighted by Crippen LogP contribution is 2.21. The molecule has 0 radical (unpaired) electrons. The number of H-pyrrole nitrogens is 1. The van der Waals surface area contributed by atoms with Gasteiger partial charge in [-0.1, -0.05) is 18.2 Å². The number of nitrogens with one attached hydrogen (secondary N) is 1. The summed E-state index contributed by atoms with van der Waals surface area (Å²) < 4.78 is 5.31. The van der Waals surface area contributed by atoms with Gasteiger partial charge in [-0.15, -0.1) is 0 Å². The van der Waals surface area contributed by atoms with Crippen LogP contribution in [0.15, 0.2) is 35.1 Å². The van der Waals surface area contributed by atoms with Gasteiger partial charge in [-0.25, -0.2) is 4.79 Å². The van der Waals surface area contributed by atoms with Crippen molar-refractivity contribution in [3.05, 3.63) is 46.2 Å². The Hall–Kier alpha value is -2.43. The number of aromatic nitrogens is 1. The number of carbonyl (C=O) groups is 2. The van der Waals surface area contributed by atoms with Crippen molar-refractivity contribution in [1.82, 2.24) is 4.98 Å². The molecule has 1 heterocycles. The van der Waals surface area contributed by atoms with Crippen LogP contribution in [0, 0.1) is 0 Å². The van der Waals surface area contributed by atoms with Crippen molar-refractivity contribution in [3.8, 4) is 0 Å². The van der Waals surface area contributed by atoms with Gasteiger partial charge >= 0.3 is 5.97 Å². The van der Waals surface area contributed by atoms with Crippen LogP contribution >= 0.6 is 0 Å². The van der Waals surface area contributed by atoms with Crippen LogP contribution < -0.4 is 5.56 Å². The topological polar surface area (TPSA) is 76.2 Å². The number of pyridine rings is 1. The fourth-order valence-corrected chi connectivity index (χ4v) is 2.64. The largest absolute Gasteiger partial charge is 0.451 e. The van der Waals surface area contributed by atoms with Gasteiger partial charge in [0.1, 0.15) is 0 Å². The van der Waals surface area contributed by atoms with Gasteiger partial charge in [0, 0.05) is 23.4 Å². The van der Waals surface area contributed by atoms with Crippen molar-refractivity contribution >= 4 is 22.7 Å². The smallest absolute Gasteiger partial charge is 0.339 e. The number of hydrogen-bond donors (Lipinski definition) is 1. The lowest BCUT2D eigenvalue weighted by Crippen LogP contribution is -2.30. The number of ether oxygens (including phenoxy) is 1. The quantitative estimate of drug-likeness (QED) is 0.858. The molecule has 1 fully saturated rings. The fourth-order valence-electron chi connectivity index (χ4n) is 2.64. The summed E-state index contributed by atoms with van der Waals surface area (Å²) in [4.78, 5) is 38.3. The van der Waals surface area contributed by atoms with Gasteiger partial charge in [0.2, 0.25) is 5.56 Å². The first-order valence-electron chi connectivity index (χ1n) is 7.01. The fraction of sp³-hybridized carbons (Fsp3) is 0.312. The van der Waals surface area contributed by atoms with Crippen LogP contribution in [0.4, 0.5) is 0 Å². The Labute approximate surface area is 120 Å². The molecule has 1 unspecified atom stereocenters. The van der Waals surface area contributed by atoms with E-state index in [4.69, 9.17) is 4.74 Å². The first-order valence-corrected chi connectivity index (χ1v) is 7.01. The second-order valence-electron chi connectivity index (χ2n) is 5.20. The number of esters is 1. The first kappa shape index (κ1) is 13.5. The van der Waals surface area contributed by atoms with Crippen LogP contribution in [0.5, 0.6) is 0 Å². The summed E-state index contributed by atoms with van der Waals surface area (Å²) in [5.41, 5.74) is 0.412. The van der Waals surface area contributed by atoms with Crippen LogP contribution in [0.3, 0.4) is 0 Å². The van der Waals surface area contributed by atoms with E-state index in [1.54, 1.807) is 24.3 Å². The second-order valence-corrected chi connectivity index (χ2v) is 5.20. The number of carbonyl (C=O) groups excluding carboxylic acids is 2. The van der Waals surface area contributed by atoms with Crippen molar-refractivity contribution in [2.75, 3.05) is 0 Å². The molecule has 0 aliphatic heterocycles. The average Bonchev–Trinajstić information content (AvgIpc) is 2.48. The maximum Gasteiger partial charge on any atom is 0.339 e. The van der Waals surface area contributed by atoms with Gasteiger partial charge in [-0.2, -0.15) is 0 Å². The molecule has 0 spiro atoms. The van der Waals surface area contributed by atoms with Gasteiger partial charge in [0.15, 0.2) is 11.9 Å². The molecule has 108 valence electrons. The summed E-state index contributed by atoms with van der Waals surface area (Å²) in [6, 6.07) is 8.24. The molecule has 1 N–H and O–H groups in total. The molecule has 1 saturated carbocycles. The zero-order chi connectivity index (χ0) is 14.8. The lowest BCUT2D eigenvalue weighted by Gasteiger charge is -2.20. The van der Waals surface area contributed by atoms with E-state index in [0.717, 1.165) is 12.8 Å². The molecule has 1 aliphatic carbocycles. The van der Waals surface area contributed by atoms with E-state index >= 15 is 0 Å². The zero-order valence-corrected chi connectivity index (χ0v) is 11.4. The Morgan fingerprint density at radius 2 is 2.00 bits per heavy atom. The number of fused-ring (bicyclic) bond motifs is 1. The molecule has 0 bridgehead atoms.